The Hall–Kier alpha value is -1.13. The second-order valence-electron chi connectivity index (χ2n) is 3.99. The third-order valence-electron chi connectivity index (χ3n) is 2.79. The zero-order valence-corrected chi connectivity index (χ0v) is 9.95. The van der Waals surface area contributed by atoms with E-state index in [0.717, 1.165) is 19.5 Å². The maximum absolute atomic E-state index is 5.81. The van der Waals surface area contributed by atoms with E-state index >= 15 is 0 Å². The Labute approximate surface area is 101 Å². The van der Waals surface area contributed by atoms with Gasteiger partial charge in [0.15, 0.2) is 5.11 Å². The maximum Gasteiger partial charge on any atom is 0.166 e. The number of ether oxygens (including phenoxy) is 1. The van der Waals surface area contributed by atoms with Crippen LogP contribution in [0.15, 0.2) is 30.3 Å². The molecule has 2 rings (SSSR count). The van der Waals surface area contributed by atoms with Gasteiger partial charge in [-0.3, -0.25) is 0 Å². The lowest BCUT2D eigenvalue weighted by Crippen LogP contribution is -2.34. The summed E-state index contributed by atoms with van der Waals surface area (Å²) >= 11 is 4.93. The first-order valence-corrected chi connectivity index (χ1v) is 5.86. The number of benzene rings is 1. The Balaban J connectivity index is 1.78. The molecular formula is C12H16N2OS. The van der Waals surface area contributed by atoms with Gasteiger partial charge in [-0.15, -0.1) is 0 Å². The molecular weight excluding hydrogens is 220 g/mol. The minimum atomic E-state index is 0.252. The van der Waals surface area contributed by atoms with Gasteiger partial charge >= 0.3 is 0 Å². The van der Waals surface area contributed by atoms with Gasteiger partial charge in [0.2, 0.25) is 0 Å². The third kappa shape index (κ3) is 2.93. The van der Waals surface area contributed by atoms with Crippen molar-refractivity contribution in [2.24, 2.45) is 5.73 Å². The van der Waals surface area contributed by atoms with E-state index in [0.29, 0.717) is 11.7 Å². The van der Waals surface area contributed by atoms with Gasteiger partial charge < -0.3 is 15.4 Å². The van der Waals surface area contributed by atoms with E-state index in [4.69, 9.17) is 22.7 Å². The number of hydrogen-bond acceptors (Lipinski definition) is 2. The largest absolute Gasteiger partial charge is 0.376 e. The molecule has 86 valence electrons. The summed E-state index contributed by atoms with van der Waals surface area (Å²) in [5.74, 6) is 0. The summed E-state index contributed by atoms with van der Waals surface area (Å²) in [7, 11) is 0. The van der Waals surface area contributed by atoms with Crippen molar-refractivity contribution in [2.45, 2.75) is 19.1 Å². The Morgan fingerprint density at radius 1 is 1.44 bits per heavy atom. The summed E-state index contributed by atoms with van der Waals surface area (Å²) in [6, 6.07) is 10.2. The van der Waals surface area contributed by atoms with E-state index in [1.165, 1.54) is 5.56 Å². The molecule has 0 bridgehead atoms. The molecule has 0 saturated carbocycles. The van der Waals surface area contributed by atoms with Crippen LogP contribution in [-0.2, 0) is 11.3 Å². The van der Waals surface area contributed by atoms with Crippen LogP contribution in [0.1, 0.15) is 12.0 Å². The highest BCUT2D eigenvalue weighted by Crippen LogP contribution is 2.14. The summed E-state index contributed by atoms with van der Waals surface area (Å²) in [6.07, 6.45) is 1.26. The maximum atomic E-state index is 5.81. The number of thiocarbonyl (C=S) groups is 1. The van der Waals surface area contributed by atoms with Crippen molar-refractivity contribution in [3.8, 4) is 0 Å². The minimum absolute atomic E-state index is 0.252. The van der Waals surface area contributed by atoms with Gasteiger partial charge in [-0.25, -0.2) is 0 Å². The molecule has 0 radical (unpaired) electrons. The van der Waals surface area contributed by atoms with Crippen molar-refractivity contribution in [3.63, 3.8) is 0 Å². The van der Waals surface area contributed by atoms with Gasteiger partial charge in [0.05, 0.1) is 12.7 Å². The molecule has 3 nitrogen and oxygen atoms in total. The fourth-order valence-electron chi connectivity index (χ4n) is 1.85. The van der Waals surface area contributed by atoms with E-state index in [1.54, 1.807) is 0 Å². The lowest BCUT2D eigenvalue weighted by molar-refractivity contribution is 0.0504. The highest BCUT2D eigenvalue weighted by molar-refractivity contribution is 7.80. The van der Waals surface area contributed by atoms with Crippen LogP contribution in [0, 0.1) is 0 Å². The van der Waals surface area contributed by atoms with Crippen LogP contribution in [0.25, 0.3) is 0 Å². The van der Waals surface area contributed by atoms with Crippen molar-refractivity contribution in [2.75, 3.05) is 13.1 Å². The second kappa shape index (κ2) is 5.27. The van der Waals surface area contributed by atoms with E-state index in [-0.39, 0.29) is 6.10 Å². The third-order valence-corrected chi connectivity index (χ3v) is 3.04. The average Bonchev–Trinajstić information content (AvgIpc) is 2.76. The molecule has 1 atom stereocenters. The van der Waals surface area contributed by atoms with Gasteiger partial charge in [0.1, 0.15) is 0 Å². The molecule has 4 heteroatoms. The first-order chi connectivity index (χ1) is 7.75. The van der Waals surface area contributed by atoms with Gasteiger partial charge in [0, 0.05) is 13.1 Å². The standard InChI is InChI=1S/C12H16N2OS/c13-12(16)14-7-6-11(8-14)15-9-10-4-2-1-3-5-10/h1-5,11H,6-9H2,(H2,13,16)/t11-/m1/s1. The number of nitrogens with two attached hydrogens (primary N) is 1. The van der Waals surface area contributed by atoms with Crippen molar-refractivity contribution >= 4 is 17.3 Å². The monoisotopic (exact) mass is 236 g/mol. The molecule has 1 aliphatic heterocycles. The predicted molar refractivity (Wildman–Crippen MR) is 68.0 cm³/mol. The van der Waals surface area contributed by atoms with Crippen molar-refractivity contribution in [1.29, 1.82) is 0 Å². The lowest BCUT2D eigenvalue weighted by Gasteiger charge is -2.16. The molecule has 1 aliphatic rings. The Morgan fingerprint density at radius 3 is 2.81 bits per heavy atom. The van der Waals surface area contributed by atoms with E-state index < -0.39 is 0 Å². The zero-order chi connectivity index (χ0) is 11.4. The summed E-state index contributed by atoms with van der Waals surface area (Å²) in [4.78, 5) is 1.99. The van der Waals surface area contributed by atoms with Crippen LogP contribution < -0.4 is 5.73 Å². The van der Waals surface area contributed by atoms with E-state index in [2.05, 4.69) is 12.1 Å². The quantitative estimate of drug-likeness (QED) is 0.808. The molecule has 1 aromatic rings. The molecule has 0 aromatic heterocycles. The summed E-state index contributed by atoms with van der Waals surface area (Å²) < 4.78 is 5.81. The van der Waals surface area contributed by atoms with E-state index in [1.807, 2.05) is 23.1 Å². The number of hydrogen-bond donors (Lipinski definition) is 1. The van der Waals surface area contributed by atoms with Crippen molar-refractivity contribution in [1.82, 2.24) is 4.90 Å². The highest BCUT2D eigenvalue weighted by Gasteiger charge is 2.23. The van der Waals surface area contributed by atoms with Crippen LogP contribution in [0.2, 0.25) is 0 Å². The van der Waals surface area contributed by atoms with Gasteiger partial charge in [-0.05, 0) is 24.2 Å². The molecule has 0 aliphatic carbocycles. The molecule has 0 unspecified atom stereocenters. The first kappa shape index (κ1) is 11.4. The molecule has 2 N–H and O–H groups in total. The Morgan fingerprint density at radius 2 is 2.19 bits per heavy atom. The lowest BCUT2D eigenvalue weighted by atomic mass is 10.2. The minimum Gasteiger partial charge on any atom is -0.376 e. The summed E-state index contributed by atoms with van der Waals surface area (Å²) in [6.45, 7) is 2.40. The van der Waals surface area contributed by atoms with Gasteiger partial charge in [0.25, 0.3) is 0 Å². The van der Waals surface area contributed by atoms with Crippen LogP contribution >= 0.6 is 12.2 Å². The molecule has 1 saturated heterocycles. The zero-order valence-electron chi connectivity index (χ0n) is 9.13. The number of likely N-dealkylation sites (tertiary alicyclic amines) is 1. The SMILES string of the molecule is NC(=S)N1CC[C@@H](OCc2ccccc2)C1. The van der Waals surface area contributed by atoms with Crippen LogP contribution in [-0.4, -0.2) is 29.2 Å². The normalized spacial score (nSPS) is 20.0. The second-order valence-corrected chi connectivity index (χ2v) is 4.41. The molecule has 0 spiro atoms. The Bertz CT molecular complexity index is 355. The number of nitrogens with zero attached hydrogens (tertiary/aromatic N) is 1. The molecule has 1 fully saturated rings. The topological polar surface area (TPSA) is 38.5 Å². The molecule has 1 aromatic carbocycles. The van der Waals surface area contributed by atoms with Gasteiger partial charge in [-0.2, -0.15) is 0 Å². The van der Waals surface area contributed by atoms with Crippen molar-refractivity contribution < 1.29 is 4.74 Å². The summed E-state index contributed by atoms with van der Waals surface area (Å²) in [5, 5.41) is 0.478. The number of rotatable bonds is 3. The average molecular weight is 236 g/mol. The smallest absolute Gasteiger partial charge is 0.166 e. The van der Waals surface area contributed by atoms with Gasteiger partial charge in [-0.1, -0.05) is 30.3 Å². The fourth-order valence-corrected chi connectivity index (χ4v) is 2.02. The highest BCUT2D eigenvalue weighted by atomic mass is 32.1. The van der Waals surface area contributed by atoms with Crippen LogP contribution in [0.5, 0.6) is 0 Å². The molecule has 1 heterocycles. The molecule has 16 heavy (non-hydrogen) atoms. The Kier molecular flexibility index (Phi) is 3.74. The van der Waals surface area contributed by atoms with Crippen molar-refractivity contribution in [3.05, 3.63) is 35.9 Å². The summed E-state index contributed by atoms with van der Waals surface area (Å²) in [5.41, 5.74) is 6.77. The van der Waals surface area contributed by atoms with Crippen LogP contribution in [0.3, 0.4) is 0 Å². The molecule has 0 amide bonds. The fraction of sp³-hybridized carbons (Fsp3) is 0.417. The van der Waals surface area contributed by atoms with Crippen LogP contribution in [0.4, 0.5) is 0 Å². The predicted octanol–water partition coefficient (Wildman–Crippen LogP) is 1.52. The van der Waals surface area contributed by atoms with E-state index in [9.17, 15) is 0 Å². The first-order valence-electron chi connectivity index (χ1n) is 5.45.